The lowest BCUT2D eigenvalue weighted by Crippen LogP contribution is -2.21. The fourth-order valence-electron chi connectivity index (χ4n) is 1.94. The van der Waals surface area contributed by atoms with Gasteiger partial charge in [-0.2, -0.15) is 0 Å². The lowest BCUT2D eigenvalue weighted by molar-refractivity contribution is -0.115. The number of nitrogens with one attached hydrogen (secondary N) is 2. The molecule has 0 bridgehead atoms. The normalized spacial score (nSPS) is 15.7. The number of rotatable bonds is 3. The minimum Gasteiger partial charge on any atom is -0.457 e. The van der Waals surface area contributed by atoms with Crippen LogP contribution in [0.3, 0.4) is 0 Å². The van der Waals surface area contributed by atoms with Crippen molar-refractivity contribution in [2.75, 3.05) is 0 Å². The molecule has 5 heteroatoms. The lowest BCUT2D eigenvalue weighted by Gasteiger charge is -2.06. The van der Waals surface area contributed by atoms with Gasteiger partial charge in [-0.25, -0.2) is 0 Å². The van der Waals surface area contributed by atoms with Crippen molar-refractivity contribution >= 4 is 29.3 Å². The van der Waals surface area contributed by atoms with Crippen LogP contribution in [0.2, 0.25) is 0 Å². The van der Waals surface area contributed by atoms with Gasteiger partial charge in [0.1, 0.15) is 17.2 Å². The number of ether oxygens (including phenoxy) is 1. The fraction of sp³-hybridized carbons (Fsp3) is 0. The molecule has 0 unspecified atom stereocenters. The maximum absolute atomic E-state index is 11.6. The van der Waals surface area contributed by atoms with Gasteiger partial charge in [0.05, 0.1) is 0 Å². The number of hydrogen-bond donors (Lipinski definition) is 2. The van der Waals surface area contributed by atoms with Crippen LogP contribution < -0.4 is 15.4 Å². The first kappa shape index (κ1) is 13.3. The summed E-state index contributed by atoms with van der Waals surface area (Å²) >= 11 is 4.89. The maximum Gasteiger partial charge on any atom is 0.273 e. The van der Waals surface area contributed by atoms with Gasteiger partial charge in [0.25, 0.3) is 5.91 Å². The number of amides is 1. The first-order valence-corrected chi connectivity index (χ1v) is 6.78. The third-order valence-electron chi connectivity index (χ3n) is 2.87. The largest absolute Gasteiger partial charge is 0.457 e. The van der Waals surface area contributed by atoms with Crippen LogP contribution >= 0.6 is 12.2 Å². The molecule has 2 aromatic rings. The molecule has 0 saturated carbocycles. The van der Waals surface area contributed by atoms with Gasteiger partial charge < -0.3 is 10.1 Å². The number of carbonyl (C=O) groups is 1. The minimum atomic E-state index is -0.227. The molecule has 2 aromatic carbocycles. The number of thiocarbonyl (C=S) groups is 1. The second kappa shape index (κ2) is 5.76. The number of hydrogen-bond acceptors (Lipinski definition) is 3. The van der Waals surface area contributed by atoms with Gasteiger partial charge in [0.15, 0.2) is 5.11 Å². The second-order valence-electron chi connectivity index (χ2n) is 4.45. The van der Waals surface area contributed by atoms with Crippen LogP contribution in [0.25, 0.3) is 6.08 Å². The maximum atomic E-state index is 11.6. The van der Waals surface area contributed by atoms with Gasteiger partial charge in [-0.05, 0) is 48.1 Å². The Bertz CT molecular complexity index is 726. The summed E-state index contributed by atoms with van der Waals surface area (Å²) in [5, 5.41) is 5.66. The van der Waals surface area contributed by atoms with Crippen LogP contribution in [0.5, 0.6) is 11.5 Å². The molecular weight excluding hydrogens is 284 g/mol. The molecule has 4 nitrogen and oxygen atoms in total. The van der Waals surface area contributed by atoms with Crippen LogP contribution in [-0.2, 0) is 4.79 Å². The monoisotopic (exact) mass is 296 g/mol. The van der Waals surface area contributed by atoms with Crippen molar-refractivity contribution in [3.63, 3.8) is 0 Å². The summed E-state index contributed by atoms with van der Waals surface area (Å²) in [6.07, 6.45) is 1.73. The SMILES string of the molecule is O=C1NC(=S)N/C1=C\c1cccc(Oc2ccccc2)c1. The zero-order valence-corrected chi connectivity index (χ0v) is 11.8. The Morgan fingerprint density at radius 3 is 2.43 bits per heavy atom. The quantitative estimate of drug-likeness (QED) is 0.675. The standard InChI is InChI=1S/C16H12N2O2S/c19-15-14(17-16(21)18-15)10-11-5-4-8-13(9-11)20-12-6-2-1-3-7-12/h1-10H,(H2,17,18,19,21)/b14-10-. The van der Waals surface area contributed by atoms with Gasteiger partial charge in [-0.3, -0.25) is 10.1 Å². The molecule has 0 spiro atoms. The van der Waals surface area contributed by atoms with Crippen LogP contribution in [0.1, 0.15) is 5.56 Å². The number of para-hydroxylation sites is 1. The first-order chi connectivity index (χ1) is 10.2. The van der Waals surface area contributed by atoms with Crippen molar-refractivity contribution in [1.29, 1.82) is 0 Å². The zero-order chi connectivity index (χ0) is 14.7. The molecule has 1 amide bonds. The third kappa shape index (κ3) is 3.27. The third-order valence-corrected chi connectivity index (χ3v) is 3.07. The summed E-state index contributed by atoms with van der Waals surface area (Å²) in [6.45, 7) is 0. The molecule has 0 aromatic heterocycles. The molecule has 1 fully saturated rings. The minimum absolute atomic E-state index is 0.227. The van der Waals surface area contributed by atoms with Crippen molar-refractivity contribution < 1.29 is 9.53 Å². The van der Waals surface area contributed by atoms with E-state index in [4.69, 9.17) is 17.0 Å². The second-order valence-corrected chi connectivity index (χ2v) is 4.86. The molecule has 1 saturated heterocycles. The van der Waals surface area contributed by atoms with E-state index in [1.807, 2.05) is 54.6 Å². The van der Waals surface area contributed by atoms with Crippen LogP contribution in [-0.4, -0.2) is 11.0 Å². The molecule has 1 aliphatic heterocycles. The van der Waals surface area contributed by atoms with Crippen LogP contribution in [0, 0.1) is 0 Å². The predicted octanol–water partition coefficient (Wildman–Crippen LogP) is 2.82. The Kier molecular flexibility index (Phi) is 3.66. The summed E-state index contributed by atoms with van der Waals surface area (Å²) in [4.78, 5) is 11.6. The summed E-state index contributed by atoms with van der Waals surface area (Å²) in [6, 6.07) is 17.0. The van der Waals surface area contributed by atoms with E-state index in [2.05, 4.69) is 10.6 Å². The van der Waals surface area contributed by atoms with Gasteiger partial charge >= 0.3 is 0 Å². The van der Waals surface area contributed by atoms with E-state index in [-0.39, 0.29) is 5.91 Å². The van der Waals surface area contributed by atoms with E-state index in [0.717, 1.165) is 11.3 Å². The summed E-state index contributed by atoms with van der Waals surface area (Å²) in [5.74, 6) is 1.24. The first-order valence-electron chi connectivity index (χ1n) is 6.38. The average molecular weight is 296 g/mol. The van der Waals surface area contributed by atoms with Crippen molar-refractivity contribution in [1.82, 2.24) is 10.6 Å². The van der Waals surface area contributed by atoms with E-state index in [9.17, 15) is 4.79 Å². The van der Waals surface area contributed by atoms with E-state index in [1.54, 1.807) is 6.08 Å². The van der Waals surface area contributed by atoms with E-state index < -0.39 is 0 Å². The van der Waals surface area contributed by atoms with Crippen LogP contribution in [0.4, 0.5) is 0 Å². The molecule has 0 radical (unpaired) electrons. The molecule has 0 atom stereocenters. The summed E-state index contributed by atoms with van der Waals surface area (Å²) < 4.78 is 5.76. The highest BCUT2D eigenvalue weighted by molar-refractivity contribution is 7.80. The molecule has 21 heavy (non-hydrogen) atoms. The molecule has 1 heterocycles. The van der Waals surface area contributed by atoms with Crippen molar-refractivity contribution in [2.45, 2.75) is 0 Å². The lowest BCUT2D eigenvalue weighted by atomic mass is 10.2. The highest BCUT2D eigenvalue weighted by Crippen LogP contribution is 2.22. The predicted molar refractivity (Wildman–Crippen MR) is 84.8 cm³/mol. The van der Waals surface area contributed by atoms with Gasteiger partial charge in [0.2, 0.25) is 0 Å². The smallest absolute Gasteiger partial charge is 0.273 e. The van der Waals surface area contributed by atoms with E-state index in [1.165, 1.54) is 0 Å². The Labute approximate surface area is 127 Å². The van der Waals surface area contributed by atoms with Crippen molar-refractivity contribution in [2.24, 2.45) is 0 Å². The van der Waals surface area contributed by atoms with E-state index >= 15 is 0 Å². The topological polar surface area (TPSA) is 50.4 Å². The van der Waals surface area contributed by atoms with Gasteiger partial charge in [-0.1, -0.05) is 30.3 Å². The molecular formula is C16H12N2O2S. The fourth-order valence-corrected chi connectivity index (χ4v) is 2.14. The summed E-state index contributed by atoms with van der Waals surface area (Å²) in [5.41, 5.74) is 1.28. The Hall–Kier alpha value is -2.66. The summed E-state index contributed by atoms with van der Waals surface area (Å²) in [7, 11) is 0. The Morgan fingerprint density at radius 1 is 0.952 bits per heavy atom. The highest BCUT2D eigenvalue weighted by atomic mass is 32.1. The zero-order valence-electron chi connectivity index (χ0n) is 11.0. The van der Waals surface area contributed by atoms with Gasteiger partial charge in [0, 0.05) is 0 Å². The van der Waals surface area contributed by atoms with Gasteiger partial charge in [-0.15, -0.1) is 0 Å². The molecule has 1 aliphatic rings. The van der Waals surface area contributed by atoms with E-state index in [0.29, 0.717) is 16.6 Å². The molecule has 0 aliphatic carbocycles. The Morgan fingerprint density at radius 2 is 1.71 bits per heavy atom. The van der Waals surface area contributed by atoms with Crippen molar-refractivity contribution in [3.05, 3.63) is 65.9 Å². The number of benzene rings is 2. The molecule has 3 rings (SSSR count). The van der Waals surface area contributed by atoms with Crippen molar-refractivity contribution in [3.8, 4) is 11.5 Å². The van der Waals surface area contributed by atoms with Crippen LogP contribution in [0.15, 0.2) is 60.3 Å². The highest BCUT2D eigenvalue weighted by Gasteiger charge is 2.19. The molecule has 104 valence electrons. The average Bonchev–Trinajstić information content (AvgIpc) is 2.78. The Balaban J connectivity index is 1.82. The molecule has 2 N–H and O–H groups in total. The number of carbonyl (C=O) groups excluding carboxylic acids is 1.